The Morgan fingerprint density at radius 1 is 1.16 bits per heavy atom. The molecular weight excluding hydrogens is 336 g/mol. The molecule has 2 aliphatic rings. The van der Waals surface area contributed by atoms with Gasteiger partial charge in [-0.15, -0.1) is 0 Å². The SMILES string of the molecule is CC(C)C(=O)N1CCc2ccc(NS(=O)(=O)C3CCCCC3)cc2C1. The van der Waals surface area contributed by atoms with E-state index in [0.717, 1.165) is 50.6 Å². The Kier molecular flexibility index (Phi) is 5.37. The number of hydrogen-bond acceptors (Lipinski definition) is 3. The molecule has 6 heteroatoms. The molecule has 1 fully saturated rings. The maximum Gasteiger partial charge on any atom is 0.235 e. The quantitative estimate of drug-likeness (QED) is 0.891. The van der Waals surface area contributed by atoms with Gasteiger partial charge in [-0.2, -0.15) is 0 Å². The summed E-state index contributed by atoms with van der Waals surface area (Å²) in [6.45, 7) is 5.11. The van der Waals surface area contributed by atoms with Gasteiger partial charge in [-0.1, -0.05) is 39.2 Å². The standard InChI is InChI=1S/C19H28N2O3S/c1-14(2)19(22)21-11-10-15-8-9-17(12-16(15)13-21)20-25(23,24)18-6-4-3-5-7-18/h8-9,12,14,18,20H,3-7,10-11,13H2,1-2H3. The number of hydrogen-bond donors (Lipinski definition) is 1. The van der Waals surface area contributed by atoms with Gasteiger partial charge >= 0.3 is 0 Å². The summed E-state index contributed by atoms with van der Waals surface area (Å²) in [5.74, 6) is 0.133. The highest BCUT2D eigenvalue weighted by Crippen LogP contribution is 2.28. The lowest BCUT2D eigenvalue weighted by molar-refractivity contribution is -0.135. The fourth-order valence-corrected chi connectivity index (χ4v) is 5.37. The van der Waals surface area contributed by atoms with Crippen LogP contribution >= 0.6 is 0 Å². The normalized spacial score (nSPS) is 18.9. The van der Waals surface area contributed by atoms with Gasteiger partial charge in [0.2, 0.25) is 15.9 Å². The number of anilines is 1. The van der Waals surface area contributed by atoms with Crippen LogP contribution in [0.4, 0.5) is 5.69 Å². The molecule has 1 aliphatic heterocycles. The second kappa shape index (κ2) is 7.36. The Labute approximate surface area is 150 Å². The van der Waals surface area contributed by atoms with Crippen LogP contribution in [0.25, 0.3) is 0 Å². The molecule has 1 aromatic rings. The van der Waals surface area contributed by atoms with Crippen molar-refractivity contribution in [2.24, 2.45) is 5.92 Å². The molecule has 3 rings (SSSR count). The van der Waals surface area contributed by atoms with Crippen molar-refractivity contribution in [2.45, 2.75) is 64.2 Å². The fraction of sp³-hybridized carbons (Fsp3) is 0.632. The van der Waals surface area contributed by atoms with E-state index in [4.69, 9.17) is 0 Å². The first-order valence-corrected chi connectivity index (χ1v) is 10.8. The highest BCUT2D eigenvalue weighted by atomic mass is 32.2. The van der Waals surface area contributed by atoms with Crippen molar-refractivity contribution in [3.05, 3.63) is 29.3 Å². The van der Waals surface area contributed by atoms with Crippen molar-refractivity contribution in [2.75, 3.05) is 11.3 Å². The van der Waals surface area contributed by atoms with Crippen molar-refractivity contribution >= 4 is 21.6 Å². The Bertz CT molecular complexity index is 737. The van der Waals surface area contributed by atoms with Crippen LogP contribution in [-0.2, 0) is 27.8 Å². The summed E-state index contributed by atoms with van der Waals surface area (Å²) in [6.07, 6.45) is 5.42. The van der Waals surface area contributed by atoms with Gasteiger partial charge in [0.1, 0.15) is 0 Å². The number of nitrogens with one attached hydrogen (secondary N) is 1. The average molecular weight is 365 g/mol. The number of carbonyl (C=O) groups is 1. The molecule has 138 valence electrons. The molecule has 1 saturated carbocycles. The molecule has 0 atom stereocenters. The van der Waals surface area contributed by atoms with E-state index in [-0.39, 0.29) is 17.1 Å². The molecule has 0 aromatic heterocycles. The van der Waals surface area contributed by atoms with Crippen molar-refractivity contribution < 1.29 is 13.2 Å². The minimum absolute atomic E-state index is 0.0189. The van der Waals surface area contributed by atoms with Gasteiger partial charge in [0.15, 0.2) is 0 Å². The monoisotopic (exact) mass is 364 g/mol. The third kappa shape index (κ3) is 4.17. The lowest BCUT2D eigenvalue weighted by Crippen LogP contribution is -2.38. The minimum Gasteiger partial charge on any atom is -0.338 e. The first kappa shape index (κ1) is 18.2. The Hall–Kier alpha value is -1.56. The van der Waals surface area contributed by atoms with Crippen LogP contribution in [0.15, 0.2) is 18.2 Å². The Balaban J connectivity index is 1.75. The number of nitrogens with zero attached hydrogens (tertiary/aromatic N) is 1. The van der Waals surface area contributed by atoms with Gasteiger partial charge in [0, 0.05) is 24.7 Å². The van der Waals surface area contributed by atoms with Crippen LogP contribution in [0.3, 0.4) is 0 Å². The zero-order valence-electron chi connectivity index (χ0n) is 15.1. The summed E-state index contributed by atoms with van der Waals surface area (Å²) in [5.41, 5.74) is 2.86. The molecule has 0 bridgehead atoms. The lowest BCUT2D eigenvalue weighted by Gasteiger charge is -2.30. The third-order valence-electron chi connectivity index (χ3n) is 5.28. The number of amides is 1. The van der Waals surface area contributed by atoms with Crippen molar-refractivity contribution in [3.63, 3.8) is 0 Å². The first-order valence-electron chi connectivity index (χ1n) is 9.29. The maximum atomic E-state index is 12.6. The van der Waals surface area contributed by atoms with Crippen molar-refractivity contribution in [1.82, 2.24) is 4.90 Å². The fourth-order valence-electron chi connectivity index (χ4n) is 3.80. The summed E-state index contributed by atoms with van der Waals surface area (Å²) in [4.78, 5) is 14.1. The molecule has 1 aliphatic carbocycles. The molecular formula is C19H28N2O3S. The molecule has 0 spiro atoms. The number of fused-ring (bicyclic) bond motifs is 1. The summed E-state index contributed by atoms with van der Waals surface area (Å²) < 4.78 is 28.0. The van der Waals surface area contributed by atoms with Crippen LogP contribution in [0.5, 0.6) is 0 Å². The molecule has 1 heterocycles. The van der Waals surface area contributed by atoms with E-state index in [0.29, 0.717) is 12.2 Å². The van der Waals surface area contributed by atoms with Gasteiger partial charge in [0.25, 0.3) is 0 Å². The molecule has 25 heavy (non-hydrogen) atoms. The maximum absolute atomic E-state index is 12.6. The zero-order valence-corrected chi connectivity index (χ0v) is 15.9. The Morgan fingerprint density at radius 3 is 2.56 bits per heavy atom. The predicted octanol–water partition coefficient (Wildman–Crippen LogP) is 3.30. The largest absolute Gasteiger partial charge is 0.338 e. The number of sulfonamides is 1. The van der Waals surface area contributed by atoms with Gasteiger partial charge in [-0.3, -0.25) is 9.52 Å². The number of carbonyl (C=O) groups excluding carboxylic acids is 1. The summed E-state index contributed by atoms with van der Waals surface area (Å²) in [7, 11) is -3.34. The van der Waals surface area contributed by atoms with E-state index in [1.54, 1.807) is 0 Å². The number of benzene rings is 1. The highest BCUT2D eigenvalue weighted by Gasteiger charge is 2.28. The van der Waals surface area contributed by atoms with Crippen LogP contribution < -0.4 is 4.72 Å². The van der Waals surface area contributed by atoms with Gasteiger partial charge in [-0.25, -0.2) is 8.42 Å². The Morgan fingerprint density at radius 2 is 1.88 bits per heavy atom. The predicted molar refractivity (Wildman–Crippen MR) is 99.8 cm³/mol. The van der Waals surface area contributed by atoms with Crippen molar-refractivity contribution in [3.8, 4) is 0 Å². The van der Waals surface area contributed by atoms with Gasteiger partial charge in [0.05, 0.1) is 5.25 Å². The van der Waals surface area contributed by atoms with Crippen LogP contribution in [0.2, 0.25) is 0 Å². The molecule has 5 nitrogen and oxygen atoms in total. The van der Waals surface area contributed by atoms with E-state index >= 15 is 0 Å². The van der Waals surface area contributed by atoms with Gasteiger partial charge in [-0.05, 0) is 42.5 Å². The van der Waals surface area contributed by atoms with E-state index in [9.17, 15) is 13.2 Å². The summed E-state index contributed by atoms with van der Waals surface area (Å²) in [5, 5.41) is -0.281. The van der Waals surface area contributed by atoms with Crippen LogP contribution in [0.1, 0.15) is 57.1 Å². The van der Waals surface area contributed by atoms with Gasteiger partial charge < -0.3 is 4.90 Å². The second-order valence-electron chi connectivity index (χ2n) is 7.56. The minimum atomic E-state index is -3.34. The summed E-state index contributed by atoms with van der Waals surface area (Å²) >= 11 is 0. The molecule has 1 amide bonds. The molecule has 1 aromatic carbocycles. The van der Waals surface area contributed by atoms with E-state index in [1.807, 2.05) is 36.9 Å². The smallest absolute Gasteiger partial charge is 0.235 e. The van der Waals surface area contributed by atoms with E-state index in [2.05, 4.69) is 4.72 Å². The second-order valence-corrected chi connectivity index (χ2v) is 9.52. The first-order chi connectivity index (χ1) is 11.9. The molecule has 0 saturated heterocycles. The topological polar surface area (TPSA) is 66.5 Å². The summed E-state index contributed by atoms with van der Waals surface area (Å²) in [6, 6.07) is 5.74. The number of rotatable bonds is 4. The molecule has 1 N–H and O–H groups in total. The van der Waals surface area contributed by atoms with E-state index < -0.39 is 10.0 Å². The van der Waals surface area contributed by atoms with E-state index in [1.165, 1.54) is 5.56 Å². The highest BCUT2D eigenvalue weighted by molar-refractivity contribution is 7.93. The lowest BCUT2D eigenvalue weighted by atomic mass is 9.98. The zero-order chi connectivity index (χ0) is 18.0. The molecule has 0 radical (unpaired) electrons. The van der Waals surface area contributed by atoms with Crippen LogP contribution in [0, 0.1) is 5.92 Å². The molecule has 0 unspecified atom stereocenters. The van der Waals surface area contributed by atoms with Crippen LogP contribution in [-0.4, -0.2) is 31.0 Å². The van der Waals surface area contributed by atoms with Crippen molar-refractivity contribution in [1.29, 1.82) is 0 Å². The third-order valence-corrected chi connectivity index (χ3v) is 7.14. The average Bonchev–Trinajstić information content (AvgIpc) is 2.60.